The number of anilines is 3. The Kier molecular flexibility index (Phi) is 10.8. The molecule has 3 heterocycles. The molecule has 2 saturated heterocycles. The molecule has 0 aliphatic carbocycles. The summed E-state index contributed by atoms with van der Waals surface area (Å²) in [6.07, 6.45) is 4.19. The molecule has 2 N–H and O–H groups in total. The minimum absolute atomic E-state index is 0. The molecule has 2 aliphatic rings. The molecule has 2 fully saturated rings. The number of benzene rings is 2. The van der Waals surface area contributed by atoms with Crippen LogP contribution in [0.15, 0.2) is 30.3 Å². The number of piperidine rings is 2. The molecule has 2 aliphatic heterocycles. The summed E-state index contributed by atoms with van der Waals surface area (Å²) in [7, 11) is 3.12. The Morgan fingerprint density at radius 2 is 1.67 bits per heavy atom. The Balaban J connectivity index is 0.00000210. The van der Waals surface area contributed by atoms with E-state index in [1.165, 1.54) is 6.07 Å². The van der Waals surface area contributed by atoms with E-state index in [1.54, 1.807) is 26.4 Å². The molecule has 0 spiro atoms. The molecule has 0 bridgehead atoms. The molecular weight excluding hydrogens is 551 g/mol. The number of hydrogen-bond donors (Lipinski definition) is 2. The van der Waals surface area contributed by atoms with Crippen LogP contribution in [0, 0.1) is 17.6 Å². The van der Waals surface area contributed by atoms with Crippen LogP contribution in [0.25, 0.3) is 10.9 Å². The summed E-state index contributed by atoms with van der Waals surface area (Å²) < 4.78 is 38.4. The fourth-order valence-corrected chi connectivity index (χ4v) is 5.40. The first-order valence-electron chi connectivity index (χ1n) is 12.7. The van der Waals surface area contributed by atoms with Gasteiger partial charge >= 0.3 is 0 Å². The van der Waals surface area contributed by atoms with Gasteiger partial charge in [-0.2, -0.15) is 4.98 Å². The van der Waals surface area contributed by atoms with Gasteiger partial charge in [0.2, 0.25) is 5.95 Å². The van der Waals surface area contributed by atoms with E-state index in [0.29, 0.717) is 51.8 Å². The second-order valence-corrected chi connectivity index (χ2v) is 9.75. The normalized spacial score (nSPS) is 18.3. The molecule has 0 saturated carbocycles. The van der Waals surface area contributed by atoms with Crippen molar-refractivity contribution in [1.29, 1.82) is 0 Å². The van der Waals surface area contributed by atoms with Crippen molar-refractivity contribution in [3.05, 3.63) is 42.0 Å². The summed E-state index contributed by atoms with van der Waals surface area (Å²) in [5.41, 5.74) is 1.03. The van der Waals surface area contributed by atoms with Crippen LogP contribution in [-0.4, -0.2) is 73.0 Å². The highest BCUT2D eigenvalue weighted by Crippen LogP contribution is 2.36. The van der Waals surface area contributed by atoms with Crippen LogP contribution in [0.1, 0.15) is 25.7 Å². The Morgan fingerprint density at radius 3 is 2.33 bits per heavy atom. The summed E-state index contributed by atoms with van der Waals surface area (Å²) in [6.45, 7) is 3.89. The molecule has 0 amide bonds. The average molecular weight is 587 g/mol. The second kappa shape index (κ2) is 13.6. The second-order valence-electron chi connectivity index (χ2n) is 9.75. The van der Waals surface area contributed by atoms with Crippen LogP contribution in [-0.2, 0) is 0 Å². The molecule has 1 aromatic heterocycles. The van der Waals surface area contributed by atoms with Gasteiger partial charge in [0.05, 0.1) is 19.7 Å². The average Bonchev–Trinajstić information content (AvgIpc) is 2.94. The number of likely N-dealkylation sites (tertiary alicyclic amines) is 1. The summed E-state index contributed by atoms with van der Waals surface area (Å²) >= 11 is 0. The van der Waals surface area contributed by atoms with E-state index < -0.39 is 11.6 Å². The van der Waals surface area contributed by atoms with Crippen molar-refractivity contribution in [3.63, 3.8) is 0 Å². The van der Waals surface area contributed by atoms with Gasteiger partial charge in [-0.3, -0.25) is 4.90 Å². The molecule has 214 valence electrons. The number of fused-ring (bicyclic) bond motifs is 1. The molecule has 12 heteroatoms. The van der Waals surface area contributed by atoms with Gasteiger partial charge in [0, 0.05) is 55.5 Å². The third-order valence-electron chi connectivity index (χ3n) is 7.44. The number of aliphatic hydroxyl groups is 1. The van der Waals surface area contributed by atoms with E-state index in [2.05, 4.69) is 15.1 Å². The highest BCUT2D eigenvalue weighted by Gasteiger charge is 2.30. The van der Waals surface area contributed by atoms with Crippen LogP contribution in [0.4, 0.5) is 26.2 Å². The van der Waals surface area contributed by atoms with Crippen LogP contribution in [0.5, 0.6) is 11.5 Å². The number of methoxy groups -OCH3 is 2. The van der Waals surface area contributed by atoms with Crippen LogP contribution in [0.3, 0.4) is 0 Å². The number of ether oxygens (including phenoxy) is 2. The minimum Gasteiger partial charge on any atom is -0.493 e. The molecule has 0 radical (unpaired) electrons. The smallest absolute Gasteiger partial charge is 0.227 e. The van der Waals surface area contributed by atoms with Gasteiger partial charge in [-0.1, -0.05) is 0 Å². The zero-order chi connectivity index (χ0) is 25.9. The lowest BCUT2D eigenvalue weighted by molar-refractivity contribution is 0.0776. The van der Waals surface area contributed by atoms with Crippen molar-refractivity contribution >= 4 is 53.2 Å². The van der Waals surface area contributed by atoms with Gasteiger partial charge in [0.25, 0.3) is 0 Å². The van der Waals surface area contributed by atoms with E-state index in [1.807, 2.05) is 0 Å². The Bertz CT molecular complexity index is 1260. The maximum Gasteiger partial charge on any atom is 0.227 e. The standard InChI is InChI=1S/C27H33F2N5O3.2ClH/c1-36-24-13-20-23(14-25(24)37-2)31-27(32-26(20)30-18-5-6-21(28)22(29)12-18)33-10-7-19(8-11-33)34-9-3-4-17(15-34)16-35;;/h5-6,12-14,17,19,35H,3-4,7-11,15-16H2,1-2H3,(H,30,31,32);2*1H. The van der Waals surface area contributed by atoms with Gasteiger partial charge in [0.1, 0.15) is 5.82 Å². The predicted molar refractivity (Wildman–Crippen MR) is 153 cm³/mol. The van der Waals surface area contributed by atoms with Crippen molar-refractivity contribution in [1.82, 2.24) is 14.9 Å². The van der Waals surface area contributed by atoms with E-state index in [0.717, 1.165) is 64.0 Å². The molecule has 8 nitrogen and oxygen atoms in total. The number of aliphatic hydroxyl groups excluding tert-OH is 1. The third-order valence-corrected chi connectivity index (χ3v) is 7.44. The van der Waals surface area contributed by atoms with Crippen LogP contribution >= 0.6 is 24.8 Å². The first-order valence-corrected chi connectivity index (χ1v) is 12.7. The van der Waals surface area contributed by atoms with E-state index in [-0.39, 0.29) is 31.4 Å². The van der Waals surface area contributed by atoms with Gasteiger partial charge in [0.15, 0.2) is 23.1 Å². The molecule has 5 rings (SSSR count). The van der Waals surface area contributed by atoms with Crippen molar-refractivity contribution in [2.45, 2.75) is 31.7 Å². The highest BCUT2D eigenvalue weighted by molar-refractivity contribution is 5.94. The third kappa shape index (κ3) is 6.74. The van der Waals surface area contributed by atoms with Crippen molar-refractivity contribution < 1.29 is 23.4 Å². The summed E-state index contributed by atoms with van der Waals surface area (Å²) in [6, 6.07) is 7.71. The largest absolute Gasteiger partial charge is 0.493 e. The van der Waals surface area contributed by atoms with Crippen molar-refractivity contribution in [3.8, 4) is 11.5 Å². The number of aromatic nitrogens is 2. The zero-order valence-electron chi connectivity index (χ0n) is 22.0. The number of rotatable bonds is 7. The Labute approximate surface area is 239 Å². The van der Waals surface area contributed by atoms with Crippen LogP contribution < -0.4 is 19.7 Å². The minimum atomic E-state index is -0.939. The number of hydrogen-bond acceptors (Lipinski definition) is 8. The lowest BCUT2D eigenvalue weighted by atomic mass is 9.94. The highest BCUT2D eigenvalue weighted by atomic mass is 35.5. The summed E-state index contributed by atoms with van der Waals surface area (Å²) in [5, 5.41) is 13.4. The Hall–Kier alpha value is -2.66. The fraction of sp³-hybridized carbons (Fsp3) is 0.481. The first kappa shape index (κ1) is 30.9. The lowest BCUT2D eigenvalue weighted by Gasteiger charge is -2.42. The van der Waals surface area contributed by atoms with Gasteiger partial charge in [-0.15, -0.1) is 24.8 Å². The van der Waals surface area contributed by atoms with Gasteiger partial charge in [-0.05, 0) is 56.3 Å². The molecule has 39 heavy (non-hydrogen) atoms. The Morgan fingerprint density at radius 1 is 0.949 bits per heavy atom. The molecule has 2 aromatic carbocycles. The SMILES string of the molecule is COc1cc2nc(N3CCC(N4CCCC(CO)C4)CC3)nc(Nc3ccc(F)c(F)c3)c2cc1OC.Cl.Cl. The van der Waals surface area contributed by atoms with E-state index in [9.17, 15) is 13.9 Å². The quantitative estimate of drug-likeness (QED) is 0.392. The van der Waals surface area contributed by atoms with E-state index in [4.69, 9.17) is 19.4 Å². The molecule has 3 aromatic rings. The van der Waals surface area contributed by atoms with Gasteiger partial charge < -0.3 is 24.8 Å². The first-order chi connectivity index (χ1) is 18.0. The number of nitrogens with one attached hydrogen (secondary N) is 1. The molecule has 1 atom stereocenters. The van der Waals surface area contributed by atoms with Gasteiger partial charge in [-0.25, -0.2) is 13.8 Å². The van der Waals surface area contributed by atoms with E-state index >= 15 is 0 Å². The van der Waals surface area contributed by atoms with Crippen LogP contribution in [0.2, 0.25) is 0 Å². The topological polar surface area (TPSA) is 83.0 Å². The molecule has 1 unspecified atom stereocenters. The maximum atomic E-state index is 13.9. The fourth-order valence-electron chi connectivity index (χ4n) is 5.40. The molecular formula is C27H35Cl2F2N5O3. The summed E-state index contributed by atoms with van der Waals surface area (Å²) in [5.74, 6) is 0.612. The van der Waals surface area contributed by atoms with Crippen molar-refractivity contribution in [2.24, 2.45) is 5.92 Å². The number of halogens is 4. The van der Waals surface area contributed by atoms with Crippen molar-refractivity contribution in [2.75, 3.05) is 57.2 Å². The maximum absolute atomic E-state index is 13.9. The number of nitrogens with zero attached hydrogens (tertiary/aromatic N) is 4. The monoisotopic (exact) mass is 585 g/mol. The summed E-state index contributed by atoms with van der Waals surface area (Å²) in [4.78, 5) is 14.3. The lowest BCUT2D eigenvalue weighted by Crippen LogP contribution is -2.49. The predicted octanol–water partition coefficient (Wildman–Crippen LogP) is 5.19. The zero-order valence-corrected chi connectivity index (χ0v) is 23.7.